The van der Waals surface area contributed by atoms with Crippen LogP contribution in [0.5, 0.6) is 0 Å². The van der Waals surface area contributed by atoms with Gasteiger partial charge in [-0.05, 0) is 19.8 Å². The minimum atomic E-state index is 0.145. The Morgan fingerprint density at radius 2 is 1.74 bits per heavy atom. The molecule has 0 aliphatic rings. The maximum Gasteiger partial charge on any atom is 0.166 e. The molecule has 3 nitrogen and oxygen atoms in total. The molecule has 1 unspecified atom stereocenters. The van der Waals surface area contributed by atoms with E-state index in [4.69, 9.17) is 9.72 Å². The van der Waals surface area contributed by atoms with Crippen LogP contribution >= 0.6 is 11.8 Å². The minimum absolute atomic E-state index is 0.145. The van der Waals surface area contributed by atoms with E-state index in [1.165, 1.54) is 0 Å². The van der Waals surface area contributed by atoms with E-state index in [2.05, 4.69) is 60.1 Å². The van der Waals surface area contributed by atoms with Crippen LogP contribution < -0.4 is 0 Å². The quantitative estimate of drug-likeness (QED) is 0.259. The Hall–Kier alpha value is -2.30. The van der Waals surface area contributed by atoms with E-state index < -0.39 is 0 Å². The highest BCUT2D eigenvalue weighted by Gasteiger charge is 2.14. The molecule has 0 aliphatic heterocycles. The van der Waals surface area contributed by atoms with Crippen molar-refractivity contribution in [2.75, 3.05) is 12.4 Å². The van der Waals surface area contributed by atoms with Gasteiger partial charge in [-0.3, -0.25) is 0 Å². The second kappa shape index (κ2) is 10.1. The number of rotatable bonds is 10. The summed E-state index contributed by atoms with van der Waals surface area (Å²) in [5.74, 6) is 0.993. The van der Waals surface area contributed by atoms with Crippen LogP contribution in [0.25, 0.3) is 22.5 Å². The third kappa shape index (κ3) is 5.34. The molecular weight excluding hydrogens is 352 g/mol. The zero-order valence-corrected chi connectivity index (χ0v) is 16.5. The fourth-order valence-electron chi connectivity index (χ4n) is 2.98. The van der Waals surface area contributed by atoms with Crippen molar-refractivity contribution < 1.29 is 4.74 Å². The normalized spacial score (nSPS) is 12.0. The van der Waals surface area contributed by atoms with Gasteiger partial charge in [0, 0.05) is 23.5 Å². The van der Waals surface area contributed by atoms with E-state index in [0.717, 1.165) is 52.9 Å². The number of ether oxygens (including phenoxy) is 1. The first-order valence-corrected chi connectivity index (χ1v) is 10.4. The molecule has 140 valence electrons. The molecule has 1 aromatic heterocycles. The number of benzene rings is 2. The maximum absolute atomic E-state index is 5.63. The molecule has 3 aromatic rings. The maximum atomic E-state index is 5.63. The number of H-pyrrole nitrogens is 1. The lowest BCUT2D eigenvalue weighted by atomic mass is 10.1. The Bertz CT molecular complexity index is 773. The lowest BCUT2D eigenvalue weighted by molar-refractivity contribution is 0.0903. The van der Waals surface area contributed by atoms with Crippen molar-refractivity contribution in [1.82, 2.24) is 9.97 Å². The van der Waals surface area contributed by atoms with Gasteiger partial charge in [-0.2, -0.15) is 0 Å². The molecule has 27 heavy (non-hydrogen) atoms. The molecule has 0 saturated carbocycles. The number of nitrogens with one attached hydrogen (secondary N) is 1. The van der Waals surface area contributed by atoms with Crippen LogP contribution in [0.15, 0.2) is 78.5 Å². The van der Waals surface area contributed by atoms with Gasteiger partial charge in [-0.15, -0.1) is 6.58 Å². The first kappa shape index (κ1) is 19.5. The molecule has 1 N–H and O–H groups in total. The van der Waals surface area contributed by atoms with Gasteiger partial charge in [-0.25, -0.2) is 4.98 Å². The third-order valence-corrected chi connectivity index (χ3v) is 5.27. The lowest BCUT2D eigenvalue weighted by Crippen LogP contribution is -2.09. The van der Waals surface area contributed by atoms with Crippen molar-refractivity contribution in [3.8, 4) is 22.5 Å². The van der Waals surface area contributed by atoms with Gasteiger partial charge in [-0.1, -0.05) is 78.5 Å². The van der Waals surface area contributed by atoms with E-state index >= 15 is 0 Å². The van der Waals surface area contributed by atoms with Gasteiger partial charge in [0.2, 0.25) is 0 Å². The molecule has 3 rings (SSSR count). The molecule has 0 bridgehead atoms. The van der Waals surface area contributed by atoms with Gasteiger partial charge in [0.1, 0.15) is 0 Å². The summed E-state index contributed by atoms with van der Waals surface area (Å²) in [4.78, 5) is 8.41. The number of imidazole rings is 1. The number of nitrogens with zero attached hydrogens (tertiary/aromatic N) is 1. The largest absolute Gasteiger partial charge is 0.374 e. The average molecular weight is 379 g/mol. The summed E-state index contributed by atoms with van der Waals surface area (Å²) >= 11 is 1.76. The number of aromatic nitrogens is 2. The van der Waals surface area contributed by atoms with Crippen LogP contribution in [0, 0.1) is 0 Å². The molecule has 1 atom stereocenters. The first-order valence-electron chi connectivity index (χ1n) is 9.39. The van der Waals surface area contributed by atoms with E-state index in [0.29, 0.717) is 0 Å². The van der Waals surface area contributed by atoms with Crippen LogP contribution in [0.3, 0.4) is 0 Å². The van der Waals surface area contributed by atoms with Crippen LogP contribution in [-0.2, 0) is 4.74 Å². The summed E-state index contributed by atoms with van der Waals surface area (Å²) in [7, 11) is 0. The predicted molar refractivity (Wildman–Crippen MR) is 115 cm³/mol. The molecule has 0 radical (unpaired) electrons. The summed E-state index contributed by atoms with van der Waals surface area (Å²) in [5, 5.41) is 0.958. The number of hydrogen-bond acceptors (Lipinski definition) is 3. The Morgan fingerprint density at radius 3 is 2.37 bits per heavy atom. The topological polar surface area (TPSA) is 37.9 Å². The van der Waals surface area contributed by atoms with Crippen molar-refractivity contribution in [3.05, 3.63) is 73.3 Å². The second-order valence-corrected chi connectivity index (χ2v) is 7.30. The Labute approximate surface area is 165 Å². The Morgan fingerprint density at radius 1 is 1.07 bits per heavy atom. The Balaban J connectivity index is 1.73. The standard InChI is InChI=1S/C23H26N2OS/c1-3-20(26-4-2)16-11-17-27-23-24-21(18-12-7-5-8-13-18)22(25-23)19-14-9-6-10-15-19/h3,5-10,12-15,20H,1,4,11,16-17H2,2H3,(H,24,25). The fraction of sp³-hybridized carbons (Fsp3) is 0.261. The van der Waals surface area contributed by atoms with Gasteiger partial charge in [0.05, 0.1) is 17.5 Å². The highest BCUT2D eigenvalue weighted by Crippen LogP contribution is 2.32. The van der Waals surface area contributed by atoms with Gasteiger partial charge in [0.15, 0.2) is 5.16 Å². The number of hydrogen-bond donors (Lipinski definition) is 1. The predicted octanol–water partition coefficient (Wildman–Crippen LogP) is 6.21. The van der Waals surface area contributed by atoms with E-state index in [9.17, 15) is 0 Å². The molecular formula is C23H26N2OS. The van der Waals surface area contributed by atoms with Crippen molar-refractivity contribution in [1.29, 1.82) is 0 Å². The van der Waals surface area contributed by atoms with Crippen LogP contribution in [-0.4, -0.2) is 28.4 Å². The Kier molecular flexibility index (Phi) is 7.31. The van der Waals surface area contributed by atoms with Crippen molar-refractivity contribution in [2.45, 2.75) is 31.0 Å². The summed E-state index contributed by atoms with van der Waals surface area (Å²) in [6.45, 7) is 6.59. The number of aromatic amines is 1. The fourth-order valence-corrected chi connectivity index (χ4v) is 3.81. The van der Waals surface area contributed by atoms with Crippen molar-refractivity contribution >= 4 is 11.8 Å². The summed E-state index contributed by atoms with van der Waals surface area (Å²) in [6, 6.07) is 20.7. The molecule has 0 spiro atoms. The first-order chi connectivity index (χ1) is 13.3. The smallest absolute Gasteiger partial charge is 0.166 e. The zero-order valence-electron chi connectivity index (χ0n) is 15.7. The number of thioether (sulfide) groups is 1. The highest BCUT2D eigenvalue weighted by molar-refractivity contribution is 7.99. The van der Waals surface area contributed by atoms with Crippen LogP contribution in [0.1, 0.15) is 19.8 Å². The molecule has 4 heteroatoms. The van der Waals surface area contributed by atoms with E-state index in [1.54, 1.807) is 11.8 Å². The van der Waals surface area contributed by atoms with Gasteiger partial charge in [0.25, 0.3) is 0 Å². The van der Waals surface area contributed by atoms with Gasteiger partial charge < -0.3 is 9.72 Å². The summed E-state index contributed by atoms with van der Waals surface area (Å²) in [6.07, 6.45) is 4.08. The zero-order chi connectivity index (χ0) is 18.9. The van der Waals surface area contributed by atoms with Crippen molar-refractivity contribution in [2.24, 2.45) is 0 Å². The summed E-state index contributed by atoms with van der Waals surface area (Å²) in [5.41, 5.74) is 4.35. The SMILES string of the molecule is C=CC(CCCSc1nc(-c2ccccc2)c(-c2ccccc2)[nH]1)OCC. The van der Waals surface area contributed by atoms with E-state index in [-0.39, 0.29) is 6.10 Å². The average Bonchev–Trinajstić information content (AvgIpc) is 3.16. The second-order valence-electron chi connectivity index (χ2n) is 6.22. The lowest BCUT2D eigenvalue weighted by Gasteiger charge is -2.11. The minimum Gasteiger partial charge on any atom is -0.374 e. The molecule has 2 aromatic carbocycles. The molecule has 1 heterocycles. The van der Waals surface area contributed by atoms with E-state index in [1.807, 2.05) is 25.1 Å². The summed E-state index contributed by atoms with van der Waals surface area (Å²) < 4.78 is 5.63. The molecule has 0 aliphatic carbocycles. The third-order valence-electron chi connectivity index (χ3n) is 4.31. The highest BCUT2D eigenvalue weighted by atomic mass is 32.2. The molecule has 0 fully saturated rings. The molecule has 0 saturated heterocycles. The monoisotopic (exact) mass is 378 g/mol. The van der Waals surface area contributed by atoms with Crippen LogP contribution in [0.4, 0.5) is 0 Å². The van der Waals surface area contributed by atoms with Crippen LogP contribution in [0.2, 0.25) is 0 Å². The molecule has 0 amide bonds. The van der Waals surface area contributed by atoms with Gasteiger partial charge >= 0.3 is 0 Å². The van der Waals surface area contributed by atoms with Crippen molar-refractivity contribution in [3.63, 3.8) is 0 Å².